The molecular formula is C50H70N10O7. The monoisotopic (exact) mass is 923 g/mol. The minimum Gasteiger partial charge on any atom is -0.508 e. The normalized spacial score (nSPS) is 17.2. The number of fused-ring (bicyclic) bond motifs is 2. The molecule has 0 aliphatic carbocycles. The smallest absolute Gasteiger partial charge is 0.257 e. The molecule has 0 radical (unpaired) electrons. The summed E-state index contributed by atoms with van der Waals surface area (Å²) in [6.45, 7) is 11.2. The molecule has 3 aromatic carbocycles. The maximum atomic E-state index is 13.9. The summed E-state index contributed by atoms with van der Waals surface area (Å²) < 4.78 is 0. The Hall–Kier alpha value is -5.88. The molecule has 3 aliphatic heterocycles. The first-order valence-corrected chi connectivity index (χ1v) is 24.0. The molecule has 6 amide bonds. The van der Waals surface area contributed by atoms with Crippen LogP contribution in [0.3, 0.4) is 0 Å². The number of aromatic hydroxyl groups is 1. The molecule has 0 aromatic heterocycles. The lowest BCUT2D eigenvalue weighted by atomic mass is 9.91. The van der Waals surface area contributed by atoms with Crippen LogP contribution in [-0.4, -0.2) is 145 Å². The van der Waals surface area contributed by atoms with Crippen LogP contribution in [0.25, 0.3) is 0 Å². The second-order valence-electron chi connectivity index (χ2n) is 18.1. The second kappa shape index (κ2) is 25.3. The number of rotatable bonds is 22. The van der Waals surface area contributed by atoms with Gasteiger partial charge in [-0.1, -0.05) is 49.2 Å². The molecule has 0 spiro atoms. The van der Waals surface area contributed by atoms with Gasteiger partial charge in [0, 0.05) is 52.6 Å². The van der Waals surface area contributed by atoms with Gasteiger partial charge in [-0.05, 0) is 120 Å². The van der Waals surface area contributed by atoms with Crippen molar-refractivity contribution in [2.75, 3.05) is 82.2 Å². The van der Waals surface area contributed by atoms with Crippen LogP contribution >= 0.6 is 0 Å². The molecule has 3 atom stereocenters. The number of carbonyl (C=O) groups excluding carboxylic acids is 6. The van der Waals surface area contributed by atoms with Gasteiger partial charge in [0.25, 0.3) is 5.91 Å². The van der Waals surface area contributed by atoms with E-state index in [4.69, 9.17) is 5.73 Å². The molecular weight excluding hydrogens is 853 g/mol. The highest BCUT2D eigenvalue weighted by Gasteiger charge is 2.32. The van der Waals surface area contributed by atoms with Crippen molar-refractivity contribution in [2.45, 2.75) is 89.8 Å². The fraction of sp³-hybridized carbons (Fsp3) is 0.520. The van der Waals surface area contributed by atoms with Gasteiger partial charge in [-0.2, -0.15) is 0 Å². The third-order valence-electron chi connectivity index (χ3n) is 13.0. The SMILES string of the molecule is CC(=O)N[C@@H](CCCCN)C(=O)N[C@@H](C)C(=O)N[C@@H](Cc1ccc(O)cc1)C(=O)NCCN1CCN(CCCCC2CCN(CC(=O)N3c4ccccc4NC(=O)c4ccccc43)CC2)CC1. The van der Waals surface area contributed by atoms with E-state index in [9.17, 15) is 33.9 Å². The topological polar surface area (TPSA) is 222 Å². The summed E-state index contributed by atoms with van der Waals surface area (Å²) in [5.74, 6) is -1.27. The average molecular weight is 923 g/mol. The molecule has 17 heteroatoms. The summed E-state index contributed by atoms with van der Waals surface area (Å²) in [5.41, 5.74) is 8.73. The third-order valence-corrected chi connectivity index (χ3v) is 13.0. The van der Waals surface area contributed by atoms with Gasteiger partial charge in [-0.25, -0.2) is 0 Å². The molecule has 362 valence electrons. The van der Waals surface area contributed by atoms with Crippen LogP contribution in [0.15, 0.2) is 72.8 Å². The lowest BCUT2D eigenvalue weighted by Gasteiger charge is -2.35. The van der Waals surface area contributed by atoms with Gasteiger partial charge < -0.3 is 42.3 Å². The molecule has 0 saturated carbocycles. The minimum absolute atomic E-state index is 0.0447. The Bertz CT molecular complexity index is 2140. The van der Waals surface area contributed by atoms with E-state index in [0.29, 0.717) is 74.0 Å². The van der Waals surface area contributed by atoms with Gasteiger partial charge in [-0.3, -0.25) is 43.5 Å². The number of carbonyl (C=O) groups is 6. The molecule has 0 unspecified atom stereocenters. The molecule has 0 bridgehead atoms. The zero-order chi connectivity index (χ0) is 47.7. The van der Waals surface area contributed by atoms with Crippen LogP contribution in [0.5, 0.6) is 5.75 Å². The number of anilines is 3. The van der Waals surface area contributed by atoms with E-state index in [0.717, 1.165) is 77.1 Å². The Morgan fingerprint density at radius 2 is 1.40 bits per heavy atom. The summed E-state index contributed by atoms with van der Waals surface area (Å²) in [5, 5.41) is 23.9. The van der Waals surface area contributed by atoms with Crippen LogP contribution in [-0.2, 0) is 30.4 Å². The van der Waals surface area contributed by atoms with Gasteiger partial charge >= 0.3 is 0 Å². The van der Waals surface area contributed by atoms with E-state index in [1.165, 1.54) is 32.4 Å². The van der Waals surface area contributed by atoms with Crippen LogP contribution in [0, 0.1) is 5.92 Å². The van der Waals surface area contributed by atoms with Gasteiger partial charge in [-0.15, -0.1) is 0 Å². The number of hydrogen-bond acceptors (Lipinski definition) is 11. The molecule has 8 N–H and O–H groups in total. The lowest BCUT2D eigenvalue weighted by molar-refractivity contribution is -0.133. The number of unbranched alkanes of at least 4 members (excludes halogenated alkanes) is 2. The maximum absolute atomic E-state index is 13.9. The molecule has 3 aliphatic rings. The molecule has 6 rings (SSSR count). The zero-order valence-electron chi connectivity index (χ0n) is 39.1. The molecule has 3 aromatic rings. The third kappa shape index (κ3) is 15.1. The second-order valence-corrected chi connectivity index (χ2v) is 18.1. The number of benzene rings is 3. The van der Waals surface area contributed by atoms with Crippen LogP contribution in [0.4, 0.5) is 17.1 Å². The van der Waals surface area contributed by atoms with Crippen molar-refractivity contribution in [1.29, 1.82) is 0 Å². The van der Waals surface area contributed by atoms with E-state index < -0.39 is 29.9 Å². The number of amides is 6. The van der Waals surface area contributed by atoms with Crippen LogP contribution in [0.1, 0.15) is 81.1 Å². The molecule has 3 heterocycles. The van der Waals surface area contributed by atoms with E-state index >= 15 is 0 Å². The quantitative estimate of drug-likeness (QED) is 0.0726. The Kier molecular flexibility index (Phi) is 19.1. The van der Waals surface area contributed by atoms with Gasteiger partial charge in [0.05, 0.1) is 29.2 Å². The van der Waals surface area contributed by atoms with Crippen molar-refractivity contribution < 1.29 is 33.9 Å². The van der Waals surface area contributed by atoms with Crippen molar-refractivity contribution in [3.63, 3.8) is 0 Å². The molecule has 17 nitrogen and oxygen atoms in total. The Labute approximate surface area is 394 Å². The number of nitrogens with zero attached hydrogens (tertiary/aromatic N) is 4. The predicted octanol–water partition coefficient (Wildman–Crippen LogP) is 3.10. The van der Waals surface area contributed by atoms with Gasteiger partial charge in [0.1, 0.15) is 23.9 Å². The Morgan fingerprint density at radius 3 is 2.10 bits per heavy atom. The van der Waals surface area contributed by atoms with E-state index in [1.807, 2.05) is 42.5 Å². The summed E-state index contributed by atoms with van der Waals surface area (Å²) in [6, 6.07) is 18.4. The highest BCUT2D eigenvalue weighted by molar-refractivity contribution is 6.18. The number of para-hydroxylation sites is 3. The van der Waals surface area contributed by atoms with Gasteiger partial charge in [0.2, 0.25) is 29.5 Å². The highest BCUT2D eigenvalue weighted by atomic mass is 16.3. The van der Waals surface area contributed by atoms with E-state index in [1.54, 1.807) is 23.1 Å². The number of piperazine rings is 1. The maximum Gasteiger partial charge on any atom is 0.257 e. The number of piperidine rings is 1. The number of nitrogens with two attached hydrogens (primary N) is 1. The van der Waals surface area contributed by atoms with E-state index in [-0.39, 0.29) is 35.8 Å². The van der Waals surface area contributed by atoms with E-state index in [2.05, 4.69) is 41.3 Å². The molecule has 67 heavy (non-hydrogen) atoms. The largest absolute Gasteiger partial charge is 0.508 e. The number of nitrogens with one attached hydrogen (secondary N) is 5. The number of phenolic OH excluding ortho intramolecular Hbond substituents is 1. The molecule has 2 fully saturated rings. The Morgan fingerprint density at radius 1 is 0.731 bits per heavy atom. The summed E-state index contributed by atoms with van der Waals surface area (Å²) in [7, 11) is 0. The number of phenols is 1. The Balaban J connectivity index is 0.876. The summed E-state index contributed by atoms with van der Waals surface area (Å²) in [6.07, 6.45) is 7.49. The standard InChI is InChI=1S/C50H70N10O7/c1-35(53-50(67)42(54-36(2)61)14-7-9-23-51)47(64)56-43(33-38-17-19-39(62)20-18-38)49(66)52-24-28-58-31-29-57(30-32-58)25-10-8-11-37-21-26-59(27-22-37)34-46(63)60-44-15-5-3-12-40(44)48(65)55-41-13-4-6-16-45(41)60/h3-6,12-13,15-20,35,37,42-43,62H,7-11,14,21-34,51H2,1-2H3,(H,52,66)(H,53,67)(H,54,61)(H,55,65)(H,56,64)/t35-,42-,43-/m0/s1. The fourth-order valence-electron chi connectivity index (χ4n) is 9.14. The van der Waals surface area contributed by atoms with Crippen molar-refractivity contribution in [3.05, 3.63) is 83.9 Å². The van der Waals surface area contributed by atoms with Crippen LogP contribution in [0.2, 0.25) is 0 Å². The first kappa shape index (κ1) is 50.5. The van der Waals surface area contributed by atoms with Gasteiger partial charge in [0.15, 0.2) is 0 Å². The van der Waals surface area contributed by atoms with Crippen molar-refractivity contribution >= 4 is 52.5 Å². The van der Waals surface area contributed by atoms with Crippen LogP contribution < -0.4 is 37.2 Å². The number of likely N-dealkylation sites (tertiary alicyclic amines) is 1. The minimum atomic E-state index is -0.977. The van der Waals surface area contributed by atoms with Crippen molar-refractivity contribution in [1.82, 2.24) is 36.0 Å². The number of hydrogen-bond donors (Lipinski definition) is 7. The zero-order valence-corrected chi connectivity index (χ0v) is 39.1. The van der Waals surface area contributed by atoms with Crippen molar-refractivity contribution in [3.8, 4) is 5.75 Å². The lowest BCUT2D eigenvalue weighted by Crippen LogP contribution is -2.56. The first-order valence-electron chi connectivity index (χ1n) is 24.0. The average Bonchev–Trinajstić information content (AvgIpc) is 3.44. The summed E-state index contributed by atoms with van der Waals surface area (Å²) >= 11 is 0. The van der Waals surface area contributed by atoms with Crippen molar-refractivity contribution in [2.24, 2.45) is 11.7 Å². The summed E-state index contributed by atoms with van der Waals surface area (Å²) in [4.78, 5) is 87.4. The fourth-order valence-corrected chi connectivity index (χ4v) is 9.14. The molecule has 2 saturated heterocycles. The highest BCUT2D eigenvalue weighted by Crippen LogP contribution is 2.38. The first-order chi connectivity index (χ1) is 32.4. The predicted molar refractivity (Wildman–Crippen MR) is 259 cm³/mol.